The number of hydrazine groups is 1. The number of pyridine rings is 1. The molecular weight excluding hydrogens is 322 g/mol. The molecule has 1 aromatic heterocycles. The van der Waals surface area contributed by atoms with Gasteiger partial charge in [-0.25, -0.2) is 0 Å². The molecule has 122 valence electrons. The molecule has 24 heavy (non-hydrogen) atoms. The van der Waals surface area contributed by atoms with Crippen LogP contribution in [0.5, 0.6) is 0 Å². The van der Waals surface area contributed by atoms with Crippen molar-refractivity contribution in [1.29, 1.82) is 0 Å². The minimum absolute atomic E-state index is 0.0304. The highest BCUT2D eigenvalue weighted by molar-refractivity contribution is 5.99. The molecule has 0 aliphatic rings. The summed E-state index contributed by atoms with van der Waals surface area (Å²) in [4.78, 5) is 47.2. The van der Waals surface area contributed by atoms with Crippen LogP contribution in [-0.2, 0) is 0 Å². The number of nitrogens with zero attached hydrogens (tertiary/aromatic N) is 3. The van der Waals surface area contributed by atoms with Gasteiger partial charge in [-0.05, 0) is 12.1 Å². The van der Waals surface area contributed by atoms with Crippen molar-refractivity contribution in [1.82, 2.24) is 15.8 Å². The van der Waals surface area contributed by atoms with E-state index in [1.807, 2.05) is 5.43 Å². The highest BCUT2D eigenvalue weighted by Gasteiger charge is 2.20. The zero-order valence-corrected chi connectivity index (χ0v) is 11.8. The van der Waals surface area contributed by atoms with Crippen molar-refractivity contribution in [3.8, 4) is 0 Å². The van der Waals surface area contributed by atoms with Crippen LogP contribution in [0.2, 0.25) is 0 Å². The second-order valence-corrected chi connectivity index (χ2v) is 4.38. The van der Waals surface area contributed by atoms with Gasteiger partial charge < -0.3 is 0 Å². The molecule has 0 aliphatic heterocycles. The Morgan fingerprint density at radius 2 is 1.50 bits per heavy atom. The first-order valence-electron chi connectivity index (χ1n) is 6.34. The van der Waals surface area contributed by atoms with Crippen molar-refractivity contribution in [2.75, 3.05) is 0 Å². The molecule has 0 aliphatic carbocycles. The normalized spacial score (nSPS) is 9.83. The predicted octanol–water partition coefficient (Wildman–Crippen LogP) is 0.973. The zero-order chi connectivity index (χ0) is 17.7. The third kappa shape index (κ3) is 3.85. The highest BCUT2D eigenvalue weighted by Crippen LogP contribution is 2.22. The number of hydrogen-bond donors (Lipinski definition) is 2. The third-order valence-corrected chi connectivity index (χ3v) is 2.77. The van der Waals surface area contributed by atoms with E-state index in [9.17, 15) is 29.8 Å². The van der Waals surface area contributed by atoms with Gasteiger partial charge in [-0.1, -0.05) is 6.07 Å². The Labute approximate surface area is 133 Å². The highest BCUT2D eigenvalue weighted by atomic mass is 16.6. The molecule has 2 N–H and O–H groups in total. The van der Waals surface area contributed by atoms with Gasteiger partial charge in [0.2, 0.25) is 0 Å². The monoisotopic (exact) mass is 331 g/mol. The van der Waals surface area contributed by atoms with Gasteiger partial charge in [0.1, 0.15) is 5.69 Å². The van der Waals surface area contributed by atoms with E-state index in [0.717, 1.165) is 18.2 Å². The molecule has 2 amide bonds. The fraction of sp³-hybridized carbons (Fsp3) is 0. The van der Waals surface area contributed by atoms with Crippen LogP contribution in [0.4, 0.5) is 11.4 Å². The van der Waals surface area contributed by atoms with Crippen molar-refractivity contribution >= 4 is 23.2 Å². The number of aromatic nitrogens is 1. The Kier molecular flexibility index (Phi) is 4.75. The number of non-ortho nitro benzene ring substituents is 2. The molecule has 11 heteroatoms. The molecule has 0 bridgehead atoms. The number of nitro benzene ring substituents is 2. The quantitative estimate of drug-likeness (QED) is 0.624. The molecule has 0 spiro atoms. The zero-order valence-electron chi connectivity index (χ0n) is 11.8. The van der Waals surface area contributed by atoms with Crippen LogP contribution in [0.15, 0.2) is 42.6 Å². The van der Waals surface area contributed by atoms with Gasteiger partial charge in [0.15, 0.2) is 0 Å². The first-order valence-corrected chi connectivity index (χ1v) is 6.34. The van der Waals surface area contributed by atoms with E-state index in [2.05, 4.69) is 10.4 Å². The van der Waals surface area contributed by atoms with Crippen molar-refractivity contribution in [3.63, 3.8) is 0 Å². The number of nitrogens with one attached hydrogen (secondary N) is 2. The van der Waals surface area contributed by atoms with Crippen molar-refractivity contribution in [3.05, 3.63) is 74.1 Å². The first-order chi connectivity index (χ1) is 11.4. The van der Waals surface area contributed by atoms with Gasteiger partial charge in [0.05, 0.1) is 21.5 Å². The molecule has 2 aromatic rings. The van der Waals surface area contributed by atoms with E-state index in [4.69, 9.17) is 0 Å². The molecule has 1 aromatic carbocycles. The van der Waals surface area contributed by atoms with Crippen LogP contribution in [0.25, 0.3) is 0 Å². The van der Waals surface area contributed by atoms with Gasteiger partial charge in [-0.15, -0.1) is 0 Å². The second kappa shape index (κ2) is 6.91. The summed E-state index contributed by atoms with van der Waals surface area (Å²) in [6.07, 6.45) is 1.38. The van der Waals surface area contributed by atoms with Crippen molar-refractivity contribution in [2.24, 2.45) is 0 Å². The predicted molar refractivity (Wildman–Crippen MR) is 78.9 cm³/mol. The molecule has 1 heterocycles. The molecule has 11 nitrogen and oxygen atoms in total. The molecule has 0 saturated carbocycles. The number of benzene rings is 1. The molecule has 0 fully saturated rings. The summed E-state index contributed by atoms with van der Waals surface area (Å²) in [6, 6.07) is 7.00. The number of carbonyl (C=O) groups is 2. The first kappa shape index (κ1) is 16.5. The van der Waals surface area contributed by atoms with Gasteiger partial charge in [-0.3, -0.25) is 45.7 Å². The van der Waals surface area contributed by atoms with Gasteiger partial charge in [-0.2, -0.15) is 0 Å². The lowest BCUT2D eigenvalue weighted by atomic mass is 10.1. The molecule has 2 rings (SSSR count). The molecule has 0 atom stereocenters. The number of carbonyl (C=O) groups excluding carboxylic acids is 2. The standard InChI is InChI=1S/C13H9N5O6/c19-12(15-16-13(20)11-3-1-2-4-14-11)8-5-9(17(21)22)7-10(6-8)18(23)24/h1-7H,(H,15,19)(H,16,20). The van der Waals surface area contributed by atoms with Crippen molar-refractivity contribution < 1.29 is 19.4 Å². The van der Waals surface area contributed by atoms with E-state index in [-0.39, 0.29) is 11.3 Å². The Morgan fingerprint density at radius 1 is 0.917 bits per heavy atom. The van der Waals surface area contributed by atoms with E-state index in [1.165, 1.54) is 12.3 Å². The Bertz CT molecular complexity index is 791. The average molecular weight is 331 g/mol. The summed E-state index contributed by atoms with van der Waals surface area (Å²) < 4.78 is 0. The lowest BCUT2D eigenvalue weighted by molar-refractivity contribution is -0.394. The fourth-order valence-corrected chi connectivity index (χ4v) is 1.68. The fourth-order valence-electron chi connectivity index (χ4n) is 1.68. The minimum atomic E-state index is -0.953. The van der Waals surface area contributed by atoms with E-state index < -0.39 is 33.0 Å². The minimum Gasteiger partial charge on any atom is -0.267 e. The van der Waals surface area contributed by atoms with Crippen LogP contribution in [0, 0.1) is 20.2 Å². The maximum atomic E-state index is 11.9. The average Bonchev–Trinajstić information content (AvgIpc) is 2.59. The summed E-state index contributed by atoms with van der Waals surface area (Å²) in [7, 11) is 0. The number of hydrogen-bond acceptors (Lipinski definition) is 7. The Hall–Kier alpha value is -3.89. The molecule has 0 unspecified atom stereocenters. The van der Waals surface area contributed by atoms with Crippen LogP contribution >= 0.6 is 0 Å². The topological polar surface area (TPSA) is 157 Å². The molecule has 0 radical (unpaired) electrons. The van der Waals surface area contributed by atoms with Crippen LogP contribution in [-0.4, -0.2) is 26.6 Å². The summed E-state index contributed by atoms with van der Waals surface area (Å²) in [6.45, 7) is 0. The largest absolute Gasteiger partial charge is 0.288 e. The number of rotatable bonds is 4. The van der Waals surface area contributed by atoms with E-state index in [1.54, 1.807) is 12.1 Å². The van der Waals surface area contributed by atoms with Gasteiger partial charge in [0, 0.05) is 18.3 Å². The summed E-state index contributed by atoms with van der Waals surface area (Å²) in [5.41, 5.74) is 2.50. The summed E-state index contributed by atoms with van der Waals surface area (Å²) in [5.74, 6) is -1.67. The third-order valence-electron chi connectivity index (χ3n) is 2.77. The Morgan fingerprint density at radius 3 is 2.00 bits per heavy atom. The van der Waals surface area contributed by atoms with Gasteiger partial charge >= 0.3 is 0 Å². The maximum absolute atomic E-state index is 11.9. The molecular formula is C13H9N5O6. The van der Waals surface area contributed by atoms with Gasteiger partial charge in [0.25, 0.3) is 23.2 Å². The number of nitro groups is 2. The SMILES string of the molecule is O=C(NNC(=O)c1ccccn1)c1cc([N+](=O)[O-])cc([N+](=O)[O-])c1. The van der Waals surface area contributed by atoms with E-state index in [0.29, 0.717) is 0 Å². The lowest BCUT2D eigenvalue weighted by Gasteiger charge is -2.07. The number of amides is 2. The van der Waals surface area contributed by atoms with Crippen LogP contribution in [0.1, 0.15) is 20.8 Å². The Balaban J connectivity index is 2.16. The van der Waals surface area contributed by atoms with Crippen LogP contribution in [0.3, 0.4) is 0 Å². The summed E-state index contributed by atoms with van der Waals surface area (Å²) >= 11 is 0. The van der Waals surface area contributed by atoms with Crippen molar-refractivity contribution in [2.45, 2.75) is 0 Å². The smallest absolute Gasteiger partial charge is 0.267 e. The second-order valence-electron chi connectivity index (χ2n) is 4.38. The maximum Gasteiger partial charge on any atom is 0.288 e. The van der Waals surface area contributed by atoms with Crippen LogP contribution < -0.4 is 10.9 Å². The van der Waals surface area contributed by atoms with E-state index >= 15 is 0 Å². The lowest BCUT2D eigenvalue weighted by Crippen LogP contribution is -2.41. The molecule has 0 saturated heterocycles. The summed E-state index contributed by atoms with van der Waals surface area (Å²) in [5, 5.41) is 21.5.